The second-order valence-electron chi connectivity index (χ2n) is 6.54. The number of amides is 2. The summed E-state index contributed by atoms with van der Waals surface area (Å²) in [5, 5.41) is 6.77. The lowest BCUT2D eigenvalue weighted by Crippen LogP contribution is -2.20. The Hall–Kier alpha value is -2.62. The van der Waals surface area contributed by atoms with Crippen molar-refractivity contribution in [2.75, 3.05) is 19.0 Å². The molecule has 0 aromatic heterocycles. The summed E-state index contributed by atoms with van der Waals surface area (Å²) >= 11 is 2.17. The van der Waals surface area contributed by atoms with Crippen LogP contribution in [0.5, 0.6) is 11.5 Å². The van der Waals surface area contributed by atoms with Crippen LogP contribution in [0.4, 0.5) is 5.69 Å². The number of para-hydroxylation sites is 1. The molecule has 2 amide bonds. The normalized spacial score (nSPS) is 10.7. The van der Waals surface area contributed by atoms with Gasteiger partial charge in [-0.15, -0.1) is 0 Å². The van der Waals surface area contributed by atoms with E-state index in [9.17, 15) is 9.59 Å². The molecular formula is C22H26IN3O4. The molecule has 0 saturated heterocycles. The highest BCUT2D eigenvalue weighted by Gasteiger charge is 2.11. The summed E-state index contributed by atoms with van der Waals surface area (Å²) in [6.07, 6.45) is 2.54. The first-order chi connectivity index (χ1) is 14.4. The second kappa shape index (κ2) is 12.2. The van der Waals surface area contributed by atoms with Gasteiger partial charge in [0.05, 0.1) is 23.5 Å². The molecule has 0 spiro atoms. The Balaban J connectivity index is 1.86. The Morgan fingerprint density at radius 2 is 1.90 bits per heavy atom. The number of halogens is 1. The number of anilines is 1. The molecule has 0 aliphatic carbocycles. The van der Waals surface area contributed by atoms with Crippen LogP contribution in [-0.2, 0) is 9.59 Å². The molecule has 0 fully saturated rings. The molecule has 0 radical (unpaired) electrons. The summed E-state index contributed by atoms with van der Waals surface area (Å²) in [6, 6.07) is 11.2. The molecule has 0 heterocycles. The molecule has 0 unspecified atom stereocenters. The first kappa shape index (κ1) is 23.7. The minimum atomic E-state index is -0.337. The van der Waals surface area contributed by atoms with Crippen molar-refractivity contribution < 1.29 is 19.1 Å². The molecule has 160 valence electrons. The van der Waals surface area contributed by atoms with Crippen molar-refractivity contribution in [2.24, 2.45) is 5.10 Å². The number of rotatable bonds is 10. The number of aryl methyl sites for hydroxylation is 1. The van der Waals surface area contributed by atoms with Gasteiger partial charge in [0.2, 0.25) is 11.8 Å². The van der Waals surface area contributed by atoms with E-state index >= 15 is 0 Å². The number of benzene rings is 2. The number of ether oxygens (including phenoxy) is 2. The molecule has 0 aliphatic heterocycles. The highest BCUT2D eigenvalue weighted by molar-refractivity contribution is 14.1. The van der Waals surface area contributed by atoms with E-state index < -0.39 is 0 Å². The molecule has 0 atom stereocenters. The van der Waals surface area contributed by atoms with Crippen LogP contribution in [0.1, 0.15) is 37.3 Å². The van der Waals surface area contributed by atoms with Crippen molar-refractivity contribution in [3.63, 3.8) is 0 Å². The maximum absolute atomic E-state index is 12.0. The van der Waals surface area contributed by atoms with Crippen LogP contribution in [0.25, 0.3) is 0 Å². The van der Waals surface area contributed by atoms with Gasteiger partial charge in [-0.25, -0.2) is 5.43 Å². The highest BCUT2D eigenvalue weighted by Crippen LogP contribution is 2.33. The molecule has 2 rings (SSSR count). The third kappa shape index (κ3) is 7.33. The summed E-state index contributed by atoms with van der Waals surface area (Å²) in [5.41, 5.74) is 4.92. The molecule has 0 aliphatic rings. The van der Waals surface area contributed by atoms with Crippen molar-refractivity contribution in [2.45, 2.75) is 33.1 Å². The average Bonchev–Trinajstić information content (AvgIpc) is 2.73. The van der Waals surface area contributed by atoms with E-state index in [2.05, 4.69) is 38.4 Å². The van der Waals surface area contributed by atoms with Crippen LogP contribution in [0.15, 0.2) is 41.5 Å². The van der Waals surface area contributed by atoms with Gasteiger partial charge in [-0.3, -0.25) is 9.59 Å². The minimum Gasteiger partial charge on any atom is -0.493 e. The van der Waals surface area contributed by atoms with Crippen molar-refractivity contribution in [1.29, 1.82) is 0 Å². The molecule has 0 bridgehead atoms. The zero-order valence-electron chi connectivity index (χ0n) is 17.3. The zero-order valence-corrected chi connectivity index (χ0v) is 19.5. The van der Waals surface area contributed by atoms with Crippen molar-refractivity contribution in [3.05, 3.63) is 51.1 Å². The van der Waals surface area contributed by atoms with E-state index in [1.54, 1.807) is 13.2 Å². The predicted molar refractivity (Wildman–Crippen MR) is 126 cm³/mol. The third-order valence-electron chi connectivity index (χ3n) is 4.10. The summed E-state index contributed by atoms with van der Waals surface area (Å²) < 4.78 is 12.0. The minimum absolute atomic E-state index is 0.0414. The molecule has 30 heavy (non-hydrogen) atoms. The maximum Gasteiger partial charge on any atom is 0.240 e. The summed E-state index contributed by atoms with van der Waals surface area (Å²) in [5.74, 6) is 0.748. The van der Waals surface area contributed by atoms with Gasteiger partial charge in [-0.1, -0.05) is 25.1 Å². The average molecular weight is 523 g/mol. The number of nitrogens with zero attached hydrogens (tertiary/aromatic N) is 1. The van der Waals surface area contributed by atoms with Gasteiger partial charge in [0, 0.05) is 18.5 Å². The Morgan fingerprint density at radius 1 is 1.17 bits per heavy atom. The third-order valence-corrected chi connectivity index (χ3v) is 4.90. The van der Waals surface area contributed by atoms with Crippen LogP contribution < -0.4 is 20.2 Å². The van der Waals surface area contributed by atoms with Crippen LogP contribution in [-0.4, -0.2) is 31.7 Å². The Kier molecular flexibility index (Phi) is 9.59. The number of carbonyl (C=O) groups excluding carboxylic acids is 2. The van der Waals surface area contributed by atoms with Gasteiger partial charge in [-0.2, -0.15) is 5.10 Å². The van der Waals surface area contributed by atoms with Gasteiger partial charge < -0.3 is 14.8 Å². The lowest BCUT2D eigenvalue weighted by atomic mass is 10.2. The molecular weight excluding hydrogens is 497 g/mol. The highest BCUT2D eigenvalue weighted by atomic mass is 127. The molecule has 2 aromatic carbocycles. The number of nitrogens with one attached hydrogen (secondary N) is 2. The van der Waals surface area contributed by atoms with Crippen LogP contribution >= 0.6 is 22.6 Å². The lowest BCUT2D eigenvalue weighted by Gasteiger charge is -2.12. The van der Waals surface area contributed by atoms with Crippen molar-refractivity contribution >= 4 is 46.3 Å². The molecule has 7 nitrogen and oxygen atoms in total. The lowest BCUT2D eigenvalue weighted by molar-refractivity contribution is -0.124. The molecule has 0 saturated carbocycles. The van der Waals surface area contributed by atoms with E-state index in [1.807, 2.05) is 44.2 Å². The van der Waals surface area contributed by atoms with E-state index in [1.165, 1.54) is 6.21 Å². The monoisotopic (exact) mass is 523 g/mol. The largest absolute Gasteiger partial charge is 0.493 e. The van der Waals surface area contributed by atoms with Crippen molar-refractivity contribution in [3.8, 4) is 11.5 Å². The number of hydrogen-bond acceptors (Lipinski definition) is 5. The summed E-state index contributed by atoms with van der Waals surface area (Å²) in [7, 11) is 1.58. The Labute approximate surface area is 190 Å². The SMILES string of the molecule is CCCOc1c(I)cc(C=NNC(=O)CCC(=O)Nc2ccccc2C)cc1OC. The summed E-state index contributed by atoms with van der Waals surface area (Å²) in [6.45, 7) is 4.55. The fourth-order valence-electron chi connectivity index (χ4n) is 2.55. The second-order valence-corrected chi connectivity index (χ2v) is 7.70. The van der Waals surface area contributed by atoms with E-state index in [0.29, 0.717) is 18.1 Å². The fraction of sp³-hybridized carbons (Fsp3) is 0.318. The standard InChI is InChI=1S/C22H26IN3O4/c1-4-11-30-22-17(23)12-16(13-19(22)29-3)14-24-26-21(28)10-9-20(27)25-18-8-6-5-7-15(18)2/h5-8,12-14H,4,9-11H2,1-3H3,(H,25,27)(H,26,28). The first-order valence-corrected chi connectivity index (χ1v) is 10.7. The smallest absolute Gasteiger partial charge is 0.240 e. The van der Waals surface area contributed by atoms with Gasteiger partial charge in [0.1, 0.15) is 0 Å². The van der Waals surface area contributed by atoms with Gasteiger partial charge in [0.25, 0.3) is 0 Å². The quantitative estimate of drug-likeness (QED) is 0.277. The van der Waals surface area contributed by atoms with Gasteiger partial charge in [0.15, 0.2) is 11.5 Å². The van der Waals surface area contributed by atoms with E-state index in [0.717, 1.165) is 26.8 Å². The summed E-state index contributed by atoms with van der Waals surface area (Å²) in [4.78, 5) is 24.0. The number of carbonyl (C=O) groups is 2. The zero-order chi connectivity index (χ0) is 21.9. The fourth-order valence-corrected chi connectivity index (χ4v) is 3.33. The maximum atomic E-state index is 12.0. The molecule has 2 aromatic rings. The number of methoxy groups -OCH3 is 1. The Morgan fingerprint density at radius 3 is 2.60 bits per heavy atom. The Bertz CT molecular complexity index is 915. The molecule has 2 N–H and O–H groups in total. The molecule has 8 heteroatoms. The van der Waals surface area contributed by atoms with Gasteiger partial charge in [-0.05, 0) is 65.3 Å². The number of hydrogen-bond donors (Lipinski definition) is 2. The van der Waals surface area contributed by atoms with E-state index in [-0.39, 0.29) is 24.7 Å². The first-order valence-electron chi connectivity index (χ1n) is 9.62. The van der Waals surface area contributed by atoms with Crippen LogP contribution in [0, 0.1) is 10.5 Å². The number of hydrazone groups is 1. The topological polar surface area (TPSA) is 89.0 Å². The van der Waals surface area contributed by atoms with Gasteiger partial charge >= 0.3 is 0 Å². The van der Waals surface area contributed by atoms with Crippen LogP contribution in [0.2, 0.25) is 0 Å². The predicted octanol–water partition coefficient (Wildman–Crippen LogP) is 4.27. The van der Waals surface area contributed by atoms with E-state index in [4.69, 9.17) is 9.47 Å². The van der Waals surface area contributed by atoms with Crippen LogP contribution in [0.3, 0.4) is 0 Å². The van der Waals surface area contributed by atoms with Crippen molar-refractivity contribution in [1.82, 2.24) is 5.43 Å².